The van der Waals surface area contributed by atoms with Crippen LogP contribution in [0.2, 0.25) is 0 Å². The summed E-state index contributed by atoms with van der Waals surface area (Å²) in [5.74, 6) is -1.23. The van der Waals surface area contributed by atoms with E-state index in [2.05, 4.69) is 9.80 Å². The van der Waals surface area contributed by atoms with Crippen molar-refractivity contribution in [1.29, 1.82) is 10.5 Å². The molecule has 0 N–H and O–H groups in total. The zero-order chi connectivity index (χ0) is 25.9. The second-order valence-electron chi connectivity index (χ2n) is 7.94. The predicted molar refractivity (Wildman–Crippen MR) is 138 cm³/mol. The molecule has 1 aliphatic rings. The number of anilines is 2. The van der Waals surface area contributed by atoms with Gasteiger partial charge in [-0.05, 0) is 61.4 Å². The molecule has 2 aromatic carbocycles. The van der Waals surface area contributed by atoms with Gasteiger partial charge in [0.15, 0.2) is 0 Å². The van der Waals surface area contributed by atoms with Crippen LogP contribution in [0, 0.1) is 22.7 Å². The number of benzene rings is 2. The highest BCUT2D eigenvalue weighted by Gasteiger charge is 2.18. The van der Waals surface area contributed by atoms with Crippen LogP contribution in [0.1, 0.15) is 25.0 Å². The van der Waals surface area contributed by atoms with Gasteiger partial charge in [-0.3, -0.25) is 0 Å². The second-order valence-corrected chi connectivity index (χ2v) is 7.94. The molecule has 1 heterocycles. The van der Waals surface area contributed by atoms with Crippen molar-refractivity contribution in [3.8, 4) is 12.1 Å². The molecule has 36 heavy (non-hydrogen) atoms. The molecule has 0 unspecified atom stereocenters. The highest BCUT2D eigenvalue weighted by Crippen LogP contribution is 2.23. The fraction of sp³-hybridized carbons (Fsp3) is 0.286. The number of hydrogen-bond donors (Lipinski definition) is 0. The molecule has 0 aliphatic carbocycles. The smallest absolute Gasteiger partial charge is 0.348 e. The molecule has 8 heteroatoms. The first-order valence-electron chi connectivity index (χ1n) is 11.8. The van der Waals surface area contributed by atoms with Crippen LogP contribution in [-0.2, 0) is 19.1 Å². The lowest BCUT2D eigenvalue weighted by Crippen LogP contribution is -2.46. The minimum Gasteiger partial charge on any atom is -0.462 e. The van der Waals surface area contributed by atoms with E-state index in [4.69, 9.17) is 9.47 Å². The van der Waals surface area contributed by atoms with Crippen molar-refractivity contribution in [2.24, 2.45) is 0 Å². The highest BCUT2D eigenvalue weighted by atomic mass is 16.5. The number of piperazine rings is 1. The standard InChI is InChI=1S/C28H28N4O4/c1-3-35-27(33)23(19-29)17-21-5-9-25(10-6-21)31-13-15-32(16-14-31)26-11-7-22(8-12-26)18-24(20-30)28(34)36-4-2/h5-12,17-18H,3-4,13-16H2,1-2H3/b23-17+,24-18+. The van der Waals surface area contributed by atoms with Gasteiger partial charge in [-0.15, -0.1) is 0 Å². The molecule has 2 aromatic rings. The lowest BCUT2D eigenvalue weighted by molar-refractivity contribution is -0.138. The van der Waals surface area contributed by atoms with Gasteiger partial charge in [0, 0.05) is 37.6 Å². The van der Waals surface area contributed by atoms with Crippen LogP contribution in [0.5, 0.6) is 0 Å². The first-order chi connectivity index (χ1) is 17.5. The summed E-state index contributed by atoms with van der Waals surface area (Å²) in [5, 5.41) is 18.4. The van der Waals surface area contributed by atoms with Crippen molar-refractivity contribution < 1.29 is 19.1 Å². The summed E-state index contributed by atoms with van der Waals surface area (Å²) in [7, 11) is 0. The van der Waals surface area contributed by atoms with E-state index < -0.39 is 11.9 Å². The molecule has 0 amide bonds. The topological polar surface area (TPSA) is 107 Å². The molecular formula is C28H28N4O4. The third-order valence-corrected chi connectivity index (χ3v) is 5.65. The monoisotopic (exact) mass is 484 g/mol. The summed E-state index contributed by atoms with van der Waals surface area (Å²) in [4.78, 5) is 28.2. The van der Waals surface area contributed by atoms with Crippen LogP contribution in [0.25, 0.3) is 12.2 Å². The quantitative estimate of drug-likeness (QED) is 0.315. The van der Waals surface area contributed by atoms with Crippen LogP contribution in [-0.4, -0.2) is 51.3 Å². The Morgan fingerprint density at radius 1 is 0.722 bits per heavy atom. The molecule has 0 radical (unpaired) electrons. The maximum atomic E-state index is 11.8. The van der Waals surface area contributed by atoms with Gasteiger partial charge >= 0.3 is 11.9 Å². The van der Waals surface area contributed by atoms with Crippen LogP contribution in [0.15, 0.2) is 59.7 Å². The third-order valence-electron chi connectivity index (χ3n) is 5.65. The molecule has 1 aliphatic heterocycles. The minimum atomic E-state index is -0.617. The van der Waals surface area contributed by atoms with Crippen molar-refractivity contribution in [1.82, 2.24) is 0 Å². The van der Waals surface area contributed by atoms with E-state index in [0.29, 0.717) is 0 Å². The van der Waals surface area contributed by atoms with E-state index in [1.54, 1.807) is 13.8 Å². The van der Waals surface area contributed by atoms with Crippen molar-refractivity contribution >= 4 is 35.5 Å². The molecule has 184 valence electrons. The van der Waals surface area contributed by atoms with Crippen molar-refractivity contribution in [2.75, 3.05) is 49.2 Å². The number of rotatable bonds is 8. The van der Waals surface area contributed by atoms with Gasteiger partial charge in [0.25, 0.3) is 0 Å². The van der Waals surface area contributed by atoms with Crippen LogP contribution < -0.4 is 9.80 Å². The van der Waals surface area contributed by atoms with Gasteiger partial charge in [0.05, 0.1) is 13.2 Å². The van der Waals surface area contributed by atoms with Crippen molar-refractivity contribution in [2.45, 2.75) is 13.8 Å². The Morgan fingerprint density at radius 2 is 1.06 bits per heavy atom. The van der Waals surface area contributed by atoms with Crippen LogP contribution >= 0.6 is 0 Å². The zero-order valence-electron chi connectivity index (χ0n) is 20.4. The fourth-order valence-corrected chi connectivity index (χ4v) is 3.81. The first kappa shape index (κ1) is 26.1. The summed E-state index contributed by atoms with van der Waals surface area (Å²) < 4.78 is 9.81. The van der Waals surface area contributed by atoms with Gasteiger partial charge in [-0.1, -0.05) is 24.3 Å². The molecule has 1 fully saturated rings. The molecular weight excluding hydrogens is 456 g/mol. The third kappa shape index (κ3) is 6.74. The molecule has 0 atom stereocenters. The Labute approximate surface area is 211 Å². The first-order valence-corrected chi connectivity index (χ1v) is 11.8. The van der Waals surface area contributed by atoms with Gasteiger partial charge in [0.1, 0.15) is 23.3 Å². The lowest BCUT2D eigenvalue weighted by Gasteiger charge is -2.37. The Bertz CT molecular complexity index is 1110. The highest BCUT2D eigenvalue weighted by molar-refractivity contribution is 5.98. The minimum absolute atomic E-state index is 0.0236. The maximum Gasteiger partial charge on any atom is 0.348 e. The summed E-state index contributed by atoms with van der Waals surface area (Å²) in [6.45, 7) is 7.20. The average molecular weight is 485 g/mol. The van der Waals surface area contributed by atoms with Crippen LogP contribution in [0.3, 0.4) is 0 Å². The SMILES string of the molecule is CCOC(=O)/C(C#N)=C/c1ccc(N2CCN(c3ccc(/C=C(\C#N)C(=O)OCC)cc3)CC2)cc1. The molecule has 0 saturated carbocycles. The number of ether oxygens (including phenoxy) is 2. The van der Waals surface area contributed by atoms with Crippen molar-refractivity contribution in [3.05, 3.63) is 70.8 Å². The Hall–Kier alpha value is -4.56. The van der Waals surface area contributed by atoms with Gasteiger partial charge < -0.3 is 19.3 Å². The number of nitrogens with zero attached hydrogens (tertiary/aromatic N) is 4. The summed E-state index contributed by atoms with van der Waals surface area (Å²) in [6.07, 6.45) is 3.07. The van der Waals surface area contributed by atoms with E-state index >= 15 is 0 Å². The second kappa shape index (κ2) is 12.8. The van der Waals surface area contributed by atoms with E-state index in [9.17, 15) is 20.1 Å². The van der Waals surface area contributed by atoms with Crippen molar-refractivity contribution in [3.63, 3.8) is 0 Å². The number of carbonyl (C=O) groups is 2. The summed E-state index contributed by atoms with van der Waals surface area (Å²) in [6, 6.07) is 19.3. The summed E-state index contributed by atoms with van der Waals surface area (Å²) >= 11 is 0. The van der Waals surface area contributed by atoms with E-state index in [1.807, 2.05) is 60.7 Å². The normalized spacial score (nSPS) is 14.0. The molecule has 1 saturated heterocycles. The molecule has 8 nitrogen and oxygen atoms in total. The zero-order valence-corrected chi connectivity index (χ0v) is 20.4. The fourth-order valence-electron chi connectivity index (χ4n) is 3.81. The van der Waals surface area contributed by atoms with Gasteiger partial charge in [0.2, 0.25) is 0 Å². The Balaban J connectivity index is 1.60. The van der Waals surface area contributed by atoms with E-state index in [1.165, 1.54) is 12.2 Å². The number of nitriles is 2. The largest absolute Gasteiger partial charge is 0.462 e. The molecule has 3 rings (SSSR count). The molecule has 0 aromatic heterocycles. The predicted octanol–water partition coefficient (Wildman–Crippen LogP) is 3.95. The van der Waals surface area contributed by atoms with E-state index in [0.717, 1.165) is 48.7 Å². The van der Waals surface area contributed by atoms with Gasteiger partial charge in [-0.25, -0.2) is 9.59 Å². The van der Waals surface area contributed by atoms with E-state index in [-0.39, 0.29) is 24.4 Å². The number of esters is 2. The van der Waals surface area contributed by atoms with Crippen LogP contribution in [0.4, 0.5) is 11.4 Å². The molecule has 0 spiro atoms. The number of hydrogen-bond acceptors (Lipinski definition) is 8. The summed E-state index contributed by atoms with van der Waals surface area (Å²) in [5.41, 5.74) is 3.63. The van der Waals surface area contributed by atoms with Gasteiger partial charge in [-0.2, -0.15) is 10.5 Å². The number of carbonyl (C=O) groups excluding carboxylic acids is 2. The Kier molecular flexibility index (Phi) is 9.25. The Morgan fingerprint density at radius 3 is 1.33 bits per heavy atom. The lowest BCUT2D eigenvalue weighted by atomic mass is 10.1. The molecule has 0 bridgehead atoms. The average Bonchev–Trinajstić information content (AvgIpc) is 2.91. The maximum absolute atomic E-state index is 11.8.